The van der Waals surface area contributed by atoms with Crippen LogP contribution in [0.25, 0.3) is 5.57 Å². The zero-order valence-corrected chi connectivity index (χ0v) is 21.7. The topological polar surface area (TPSA) is 65.0 Å². The minimum atomic E-state index is -4.56. The monoisotopic (exact) mass is 631 g/mol. The third kappa shape index (κ3) is 9.10. The van der Waals surface area contributed by atoms with E-state index in [9.17, 15) is 18.0 Å². The van der Waals surface area contributed by atoms with Crippen molar-refractivity contribution < 1.29 is 39.2 Å². The Kier molecular flexibility index (Phi) is 12.7. The Morgan fingerprint density at radius 3 is 2.73 bits per heavy atom. The van der Waals surface area contributed by atoms with Gasteiger partial charge in [-0.05, 0) is 18.1 Å². The molecule has 0 bridgehead atoms. The molecule has 0 spiro atoms. The van der Waals surface area contributed by atoms with Gasteiger partial charge in [-0.3, -0.25) is 5.10 Å². The molecule has 3 rings (SSSR count). The van der Waals surface area contributed by atoms with Gasteiger partial charge in [0.2, 0.25) is 0 Å². The number of allylic oxidation sites excluding steroid dienone is 4. The number of nitrogens with zero attached hydrogens (tertiary/aromatic N) is 3. The summed E-state index contributed by atoms with van der Waals surface area (Å²) in [7, 11) is 1.35. The number of hydrogen-bond acceptors (Lipinski definition) is 6. The van der Waals surface area contributed by atoms with Crippen LogP contribution >= 0.6 is 32.1 Å². The molecule has 1 aliphatic rings. The van der Waals surface area contributed by atoms with Gasteiger partial charge in [0.25, 0.3) is 0 Å². The van der Waals surface area contributed by atoms with Gasteiger partial charge in [0, 0.05) is 15.4 Å². The maximum absolute atomic E-state index is 12.9. The molecule has 33 heavy (non-hydrogen) atoms. The second-order valence-electron chi connectivity index (χ2n) is 6.22. The number of aromatic nitrogens is 3. The number of unbranched alkanes of at least 4 members (excludes halogenated alkanes) is 1. The first-order valence-electron chi connectivity index (χ1n) is 9.36. The van der Waals surface area contributed by atoms with Gasteiger partial charge in [0.15, 0.2) is 0 Å². The van der Waals surface area contributed by atoms with E-state index in [0.29, 0.717) is 5.57 Å². The Morgan fingerprint density at radius 2 is 2.15 bits per heavy atom. The molecule has 11 heteroatoms. The Labute approximate surface area is 214 Å². The van der Waals surface area contributed by atoms with Gasteiger partial charge < -0.3 is 20.9 Å². The van der Waals surface area contributed by atoms with Crippen LogP contribution in [-0.4, -0.2) is 36.5 Å². The molecule has 1 atom stereocenters. The molecule has 0 N–H and O–H groups in total. The van der Waals surface area contributed by atoms with Crippen LogP contribution in [0.15, 0.2) is 30.0 Å². The third-order valence-corrected chi connectivity index (χ3v) is 6.94. The van der Waals surface area contributed by atoms with Crippen LogP contribution in [0.2, 0.25) is 0 Å². The van der Waals surface area contributed by atoms with Gasteiger partial charge in [-0.2, -0.15) is 19.2 Å². The minimum Gasteiger partial charge on any atom is -0.496 e. The van der Waals surface area contributed by atoms with Crippen LogP contribution in [0.1, 0.15) is 43.0 Å². The summed E-state index contributed by atoms with van der Waals surface area (Å²) in [6.07, 6.45) is 3.75. The molecule has 0 radical (unpaired) electrons. The Bertz CT molecular complexity index is 1070. The first kappa shape index (κ1) is 29.1. The van der Waals surface area contributed by atoms with Gasteiger partial charge in [0.05, 0.1) is 19.6 Å². The van der Waals surface area contributed by atoms with Gasteiger partial charge in [-0.15, -0.1) is 49.8 Å². The molecule has 0 fully saturated rings. The molecule has 0 amide bonds. The SMILES string of the molecule is CCCC#Cc1nn[c-]s1.COc1cnc(C(F)(F)F)cc1C1=C([C-]=O)C=CC(C)I=C1.[Ni+2]. The molecule has 2 aromatic rings. The number of pyridine rings is 1. The summed E-state index contributed by atoms with van der Waals surface area (Å²) in [5.41, 5.74) is 2.47. The number of halogens is 4. The Morgan fingerprint density at radius 1 is 1.39 bits per heavy atom. The number of carbonyl (C=O) groups excluding carboxylic acids is 1. The Balaban J connectivity index is 0.000000417. The van der Waals surface area contributed by atoms with E-state index in [-0.39, 0.29) is 37.3 Å². The van der Waals surface area contributed by atoms with E-state index < -0.39 is 32.6 Å². The van der Waals surface area contributed by atoms with Crippen LogP contribution in [0.5, 0.6) is 5.75 Å². The summed E-state index contributed by atoms with van der Waals surface area (Å²) in [6, 6.07) is 0.912. The fourth-order valence-electron chi connectivity index (χ4n) is 2.31. The molecule has 3 heterocycles. The summed E-state index contributed by atoms with van der Waals surface area (Å²) in [6.45, 7) is 4.09. The zero-order chi connectivity index (χ0) is 23.6. The summed E-state index contributed by atoms with van der Waals surface area (Å²) >= 11 is 0.915. The van der Waals surface area contributed by atoms with Crippen molar-refractivity contribution in [3.63, 3.8) is 0 Å². The van der Waals surface area contributed by atoms with E-state index >= 15 is 0 Å². The second kappa shape index (κ2) is 14.4. The molecule has 0 saturated carbocycles. The van der Waals surface area contributed by atoms with Crippen LogP contribution < -0.4 is 4.74 Å². The van der Waals surface area contributed by atoms with Gasteiger partial charge in [0.1, 0.15) is 11.4 Å². The minimum absolute atomic E-state index is 0. The number of ether oxygens (including phenoxy) is 1. The first-order chi connectivity index (χ1) is 15.3. The average Bonchev–Trinajstić information content (AvgIpc) is 3.21. The summed E-state index contributed by atoms with van der Waals surface area (Å²) in [4.78, 5) is 14.5. The third-order valence-electron chi connectivity index (χ3n) is 3.86. The summed E-state index contributed by atoms with van der Waals surface area (Å²) < 4.78 is 45.9. The number of alkyl halides is 4. The molecule has 5 nitrogen and oxygen atoms in total. The maximum Gasteiger partial charge on any atom is 2.00 e. The molecule has 2 aromatic heterocycles. The average molecular weight is 632 g/mol. The Hall–Kier alpha value is -1.90. The largest absolute Gasteiger partial charge is 2.00 e. The molecule has 0 aromatic carbocycles. The van der Waals surface area contributed by atoms with Crippen molar-refractivity contribution in [2.45, 2.75) is 36.8 Å². The molecule has 178 valence electrons. The quantitative estimate of drug-likeness (QED) is 0.153. The predicted octanol–water partition coefficient (Wildman–Crippen LogP) is 5.19. The van der Waals surface area contributed by atoms with Crippen molar-refractivity contribution in [3.05, 3.63) is 51.8 Å². The zero-order valence-electron chi connectivity index (χ0n) is 17.8. The molecule has 0 aliphatic carbocycles. The molecular formula is C22H19F3IN3NiO2S. The van der Waals surface area contributed by atoms with Crippen molar-refractivity contribution in [2.75, 3.05) is 7.11 Å². The molecule has 0 saturated heterocycles. The van der Waals surface area contributed by atoms with E-state index in [2.05, 4.69) is 39.5 Å². The van der Waals surface area contributed by atoms with E-state index in [1.54, 1.807) is 12.4 Å². The summed E-state index contributed by atoms with van der Waals surface area (Å²) in [5, 5.41) is 8.03. The van der Waals surface area contributed by atoms with Crippen molar-refractivity contribution in [1.29, 1.82) is 0 Å². The maximum atomic E-state index is 12.9. The molecular weight excluding hydrogens is 613 g/mol. The smallest absolute Gasteiger partial charge is 0.496 e. The van der Waals surface area contributed by atoms with Crippen LogP contribution in [-0.2, 0) is 27.5 Å². The van der Waals surface area contributed by atoms with Gasteiger partial charge in [-0.1, -0.05) is 23.4 Å². The van der Waals surface area contributed by atoms with Crippen molar-refractivity contribution in [1.82, 2.24) is 15.2 Å². The van der Waals surface area contributed by atoms with Crippen LogP contribution in [0.4, 0.5) is 13.2 Å². The van der Waals surface area contributed by atoms with Crippen LogP contribution in [0, 0.1) is 17.4 Å². The summed E-state index contributed by atoms with van der Waals surface area (Å²) in [5.74, 6) is 6.06. The normalized spacial score (nSPS) is 15.0. The number of methoxy groups -OCH3 is 1. The van der Waals surface area contributed by atoms with Crippen molar-refractivity contribution in [3.8, 4) is 17.6 Å². The molecule has 1 aliphatic heterocycles. The fourth-order valence-corrected chi connectivity index (χ4v) is 4.73. The van der Waals surface area contributed by atoms with Gasteiger partial charge >= 0.3 is 22.7 Å². The molecule has 1 unspecified atom stereocenters. The van der Waals surface area contributed by atoms with E-state index in [1.165, 1.54) is 18.4 Å². The van der Waals surface area contributed by atoms with E-state index in [0.717, 1.165) is 30.1 Å². The fraction of sp³-hybridized carbons (Fsp3) is 0.318. The van der Waals surface area contributed by atoms with Crippen LogP contribution in [0.3, 0.4) is 0 Å². The predicted molar refractivity (Wildman–Crippen MR) is 128 cm³/mol. The van der Waals surface area contributed by atoms with E-state index in [1.807, 2.05) is 17.0 Å². The van der Waals surface area contributed by atoms with Crippen molar-refractivity contribution >= 4 is 47.9 Å². The van der Waals surface area contributed by atoms with E-state index in [4.69, 9.17) is 4.74 Å². The number of hydrogen-bond donors (Lipinski definition) is 0. The second-order valence-corrected chi connectivity index (χ2v) is 10.3. The standard InChI is InChI=1S/C15H12F3INO2.C7H7N2S.Ni/c1-9-3-4-10(8-21)12(6-19-9)11-5-14(15(16,17)18)20-7-13(11)22-2;1-2-3-4-5-7-9-8-6-10-7;/h3-7,9H,1-2H3;2-3H2,1H3;/q2*-1;+2. The number of rotatable bonds is 4. The first-order valence-corrected chi connectivity index (χ1v) is 12.7. The van der Waals surface area contributed by atoms with Gasteiger partial charge in [-0.25, -0.2) is 10.1 Å². The van der Waals surface area contributed by atoms with Crippen molar-refractivity contribution in [2.24, 2.45) is 0 Å².